The standard InChI is InChI=1S/C16H17FO4/c1-19-13-9-8-12(15(20-2)16(13)21-3)14(18)10-4-6-11(17)7-5-10/h4-9,14,18H,1-3H3. The lowest BCUT2D eigenvalue weighted by Gasteiger charge is -2.19. The number of hydrogen-bond acceptors (Lipinski definition) is 4. The molecule has 0 aliphatic carbocycles. The van der Waals surface area contributed by atoms with Crippen LogP contribution in [-0.4, -0.2) is 26.4 Å². The first kappa shape index (κ1) is 15.1. The number of ether oxygens (including phenoxy) is 3. The lowest BCUT2D eigenvalue weighted by molar-refractivity contribution is 0.212. The molecule has 5 heteroatoms. The van der Waals surface area contributed by atoms with Gasteiger partial charge in [0.05, 0.1) is 21.3 Å². The molecule has 4 nitrogen and oxygen atoms in total. The number of aliphatic hydroxyl groups is 1. The smallest absolute Gasteiger partial charge is 0.203 e. The van der Waals surface area contributed by atoms with Crippen molar-refractivity contribution in [2.75, 3.05) is 21.3 Å². The maximum atomic E-state index is 13.0. The van der Waals surface area contributed by atoms with Crippen molar-refractivity contribution in [2.45, 2.75) is 6.10 Å². The Balaban J connectivity index is 2.50. The van der Waals surface area contributed by atoms with Crippen LogP contribution < -0.4 is 14.2 Å². The van der Waals surface area contributed by atoms with Crippen LogP contribution in [0, 0.1) is 5.82 Å². The average Bonchev–Trinajstić information content (AvgIpc) is 2.53. The van der Waals surface area contributed by atoms with Crippen LogP contribution in [0.15, 0.2) is 36.4 Å². The van der Waals surface area contributed by atoms with Crippen molar-refractivity contribution in [1.82, 2.24) is 0 Å². The van der Waals surface area contributed by atoms with Gasteiger partial charge >= 0.3 is 0 Å². The summed E-state index contributed by atoms with van der Waals surface area (Å²) >= 11 is 0. The van der Waals surface area contributed by atoms with E-state index in [1.807, 2.05) is 0 Å². The number of aliphatic hydroxyl groups excluding tert-OH is 1. The second kappa shape index (κ2) is 6.45. The monoisotopic (exact) mass is 292 g/mol. The van der Waals surface area contributed by atoms with Gasteiger partial charge in [-0.25, -0.2) is 4.39 Å². The van der Waals surface area contributed by atoms with Gasteiger partial charge < -0.3 is 19.3 Å². The summed E-state index contributed by atoms with van der Waals surface area (Å²) in [4.78, 5) is 0. The summed E-state index contributed by atoms with van der Waals surface area (Å²) in [5.74, 6) is 0.932. The third-order valence-electron chi connectivity index (χ3n) is 3.21. The molecule has 0 aliphatic rings. The summed E-state index contributed by atoms with van der Waals surface area (Å²) in [7, 11) is 4.50. The molecule has 0 amide bonds. The molecule has 0 aromatic heterocycles. The van der Waals surface area contributed by atoms with E-state index in [-0.39, 0.29) is 5.82 Å². The normalized spacial score (nSPS) is 11.9. The van der Waals surface area contributed by atoms with Crippen molar-refractivity contribution in [1.29, 1.82) is 0 Å². The van der Waals surface area contributed by atoms with Gasteiger partial charge in [-0.3, -0.25) is 0 Å². The molecule has 1 atom stereocenters. The van der Waals surface area contributed by atoms with Gasteiger partial charge in [0.1, 0.15) is 11.9 Å². The Morgan fingerprint density at radius 1 is 0.857 bits per heavy atom. The molecular formula is C16H17FO4. The third kappa shape index (κ3) is 2.92. The molecule has 1 unspecified atom stereocenters. The predicted molar refractivity (Wildman–Crippen MR) is 76.6 cm³/mol. The number of rotatable bonds is 5. The zero-order chi connectivity index (χ0) is 15.4. The maximum absolute atomic E-state index is 13.0. The lowest BCUT2D eigenvalue weighted by Crippen LogP contribution is -2.05. The molecule has 2 aromatic carbocycles. The van der Waals surface area contributed by atoms with Gasteiger partial charge in [-0.15, -0.1) is 0 Å². The molecule has 2 aromatic rings. The van der Waals surface area contributed by atoms with Crippen molar-refractivity contribution < 1.29 is 23.7 Å². The van der Waals surface area contributed by atoms with Crippen LogP contribution in [0.25, 0.3) is 0 Å². The van der Waals surface area contributed by atoms with Gasteiger partial charge in [0.2, 0.25) is 5.75 Å². The fourth-order valence-corrected chi connectivity index (χ4v) is 2.16. The van der Waals surface area contributed by atoms with Gasteiger partial charge in [-0.05, 0) is 29.8 Å². The fraction of sp³-hybridized carbons (Fsp3) is 0.250. The van der Waals surface area contributed by atoms with Crippen LogP contribution in [0.1, 0.15) is 17.2 Å². The summed E-state index contributed by atoms with van der Waals surface area (Å²) in [5.41, 5.74) is 1.07. The van der Waals surface area contributed by atoms with Crippen LogP contribution >= 0.6 is 0 Å². The summed E-state index contributed by atoms with van der Waals surface area (Å²) in [6, 6.07) is 9.02. The van der Waals surface area contributed by atoms with Crippen molar-refractivity contribution in [3.05, 3.63) is 53.3 Å². The molecule has 112 valence electrons. The first-order chi connectivity index (χ1) is 10.1. The molecule has 0 bridgehead atoms. The maximum Gasteiger partial charge on any atom is 0.203 e. The zero-order valence-electron chi connectivity index (χ0n) is 12.1. The van der Waals surface area contributed by atoms with E-state index in [2.05, 4.69) is 0 Å². The topological polar surface area (TPSA) is 47.9 Å². The molecule has 21 heavy (non-hydrogen) atoms. The molecular weight excluding hydrogens is 275 g/mol. The molecule has 0 aliphatic heterocycles. The van der Waals surface area contributed by atoms with E-state index in [0.29, 0.717) is 28.4 Å². The highest BCUT2D eigenvalue weighted by molar-refractivity contribution is 5.57. The molecule has 0 saturated carbocycles. The highest BCUT2D eigenvalue weighted by Gasteiger charge is 2.21. The summed E-state index contributed by atoms with van der Waals surface area (Å²) in [6.07, 6.45) is -0.958. The largest absolute Gasteiger partial charge is 0.493 e. The number of halogens is 1. The Labute approximate surface area is 122 Å². The third-order valence-corrected chi connectivity index (χ3v) is 3.21. The SMILES string of the molecule is COc1ccc(C(O)c2ccc(F)cc2)c(OC)c1OC. The van der Waals surface area contributed by atoms with E-state index in [1.54, 1.807) is 12.1 Å². The van der Waals surface area contributed by atoms with Crippen molar-refractivity contribution in [3.8, 4) is 17.2 Å². The molecule has 1 N–H and O–H groups in total. The highest BCUT2D eigenvalue weighted by atomic mass is 19.1. The van der Waals surface area contributed by atoms with Gasteiger partial charge in [-0.1, -0.05) is 12.1 Å². The average molecular weight is 292 g/mol. The second-order valence-corrected chi connectivity index (χ2v) is 4.38. The molecule has 0 fully saturated rings. The Bertz CT molecular complexity index is 610. The number of hydrogen-bond donors (Lipinski definition) is 1. The minimum atomic E-state index is -0.958. The van der Waals surface area contributed by atoms with E-state index in [1.165, 1.54) is 45.6 Å². The van der Waals surface area contributed by atoms with Crippen LogP contribution in [-0.2, 0) is 0 Å². The fourth-order valence-electron chi connectivity index (χ4n) is 2.16. The Kier molecular flexibility index (Phi) is 4.65. The molecule has 0 spiro atoms. The second-order valence-electron chi connectivity index (χ2n) is 4.38. The number of methoxy groups -OCH3 is 3. The number of benzene rings is 2. The molecule has 0 saturated heterocycles. The van der Waals surface area contributed by atoms with Gasteiger partial charge in [0.25, 0.3) is 0 Å². The highest BCUT2D eigenvalue weighted by Crippen LogP contribution is 2.43. The Hall–Kier alpha value is -2.27. The first-order valence-electron chi connectivity index (χ1n) is 6.34. The first-order valence-corrected chi connectivity index (χ1v) is 6.34. The van der Waals surface area contributed by atoms with E-state index in [4.69, 9.17) is 14.2 Å². The Morgan fingerprint density at radius 2 is 1.48 bits per heavy atom. The zero-order valence-corrected chi connectivity index (χ0v) is 12.1. The van der Waals surface area contributed by atoms with Crippen LogP contribution in [0.5, 0.6) is 17.2 Å². The van der Waals surface area contributed by atoms with Crippen molar-refractivity contribution >= 4 is 0 Å². The molecule has 0 radical (unpaired) electrons. The quantitative estimate of drug-likeness (QED) is 0.920. The summed E-state index contributed by atoms with van der Waals surface area (Å²) < 4.78 is 28.8. The van der Waals surface area contributed by atoms with Gasteiger partial charge in [-0.2, -0.15) is 0 Å². The summed E-state index contributed by atoms with van der Waals surface area (Å²) in [6.45, 7) is 0. The van der Waals surface area contributed by atoms with E-state index >= 15 is 0 Å². The van der Waals surface area contributed by atoms with Crippen molar-refractivity contribution in [3.63, 3.8) is 0 Å². The molecule has 2 rings (SSSR count). The van der Waals surface area contributed by atoms with Crippen LogP contribution in [0.4, 0.5) is 4.39 Å². The van der Waals surface area contributed by atoms with E-state index in [0.717, 1.165) is 0 Å². The van der Waals surface area contributed by atoms with Gasteiger partial charge in [0, 0.05) is 5.56 Å². The minimum Gasteiger partial charge on any atom is -0.493 e. The summed E-state index contributed by atoms with van der Waals surface area (Å²) in [5, 5.41) is 10.5. The molecule has 0 heterocycles. The van der Waals surface area contributed by atoms with Gasteiger partial charge in [0.15, 0.2) is 11.5 Å². The van der Waals surface area contributed by atoms with E-state index < -0.39 is 6.10 Å². The van der Waals surface area contributed by atoms with Crippen LogP contribution in [0.3, 0.4) is 0 Å². The van der Waals surface area contributed by atoms with Crippen LogP contribution in [0.2, 0.25) is 0 Å². The van der Waals surface area contributed by atoms with Crippen molar-refractivity contribution in [2.24, 2.45) is 0 Å². The Morgan fingerprint density at radius 3 is 2.00 bits per heavy atom. The predicted octanol–water partition coefficient (Wildman–Crippen LogP) is 2.93. The lowest BCUT2D eigenvalue weighted by atomic mass is 10.00. The van der Waals surface area contributed by atoms with E-state index in [9.17, 15) is 9.50 Å². The minimum absolute atomic E-state index is 0.356.